The van der Waals surface area contributed by atoms with E-state index in [-0.39, 0.29) is 5.47 Å². The predicted octanol–water partition coefficient (Wildman–Crippen LogP) is -0.882. The third-order valence-electron chi connectivity index (χ3n) is 1.01. The first-order chi connectivity index (χ1) is 4.63. The minimum absolute atomic E-state index is 0.150. The number of esters is 1. The van der Waals surface area contributed by atoms with Gasteiger partial charge >= 0.3 is 13.1 Å². The summed E-state index contributed by atoms with van der Waals surface area (Å²) in [4.78, 5) is 10.6. The Labute approximate surface area is 59.3 Å². The summed E-state index contributed by atoms with van der Waals surface area (Å²) in [5.74, 6) is -0.725. The zero-order chi connectivity index (χ0) is 8.15. The van der Waals surface area contributed by atoms with Gasteiger partial charge in [-0.1, -0.05) is 6.08 Å². The average Bonchev–Trinajstić information content (AvgIpc) is 1.88. The number of allylic oxidation sites excluding steroid dienone is 1. The van der Waals surface area contributed by atoms with Gasteiger partial charge in [0, 0.05) is 0 Å². The average molecular weight is 144 g/mol. The van der Waals surface area contributed by atoms with E-state index in [2.05, 4.69) is 4.74 Å². The number of rotatable bonds is 2. The molecule has 0 saturated heterocycles. The van der Waals surface area contributed by atoms with Crippen molar-refractivity contribution in [3.63, 3.8) is 0 Å². The van der Waals surface area contributed by atoms with Gasteiger partial charge in [0.1, 0.15) is 0 Å². The number of methoxy groups -OCH3 is 1. The van der Waals surface area contributed by atoms with Gasteiger partial charge in [0.05, 0.1) is 12.6 Å². The van der Waals surface area contributed by atoms with E-state index in [1.165, 1.54) is 20.1 Å². The van der Waals surface area contributed by atoms with E-state index in [1.807, 2.05) is 0 Å². The van der Waals surface area contributed by atoms with Crippen molar-refractivity contribution in [1.82, 2.24) is 0 Å². The molecule has 0 aliphatic heterocycles. The van der Waals surface area contributed by atoms with Gasteiger partial charge in [-0.2, -0.15) is 0 Å². The number of carbonyl (C=O) groups excluding carboxylic acids is 1. The van der Waals surface area contributed by atoms with Gasteiger partial charge in [0.25, 0.3) is 0 Å². The fraction of sp³-hybridized carbons (Fsp3) is 0.400. The SMILES string of the molecule is C/C=C(\B(O)O)C(=O)OC. The fourth-order valence-corrected chi connectivity index (χ4v) is 0.490. The highest BCUT2D eigenvalue weighted by atomic mass is 16.5. The summed E-state index contributed by atoms with van der Waals surface area (Å²) in [5.41, 5.74) is -0.150. The molecule has 0 heterocycles. The van der Waals surface area contributed by atoms with E-state index in [9.17, 15) is 4.79 Å². The first-order valence-electron chi connectivity index (χ1n) is 2.74. The molecule has 56 valence electrons. The standard InChI is InChI=1S/C5H9BO4/c1-3-4(6(8)9)5(7)10-2/h3,8-9H,1-2H3/b4-3-. The van der Waals surface area contributed by atoms with Gasteiger partial charge in [-0.3, -0.25) is 0 Å². The monoisotopic (exact) mass is 144 g/mol. The highest BCUT2D eigenvalue weighted by Crippen LogP contribution is 1.97. The summed E-state index contributed by atoms with van der Waals surface area (Å²) in [6.45, 7) is 1.52. The molecule has 0 aromatic carbocycles. The first-order valence-corrected chi connectivity index (χ1v) is 2.74. The van der Waals surface area contributed by atoms with Crippen LogP contribution in [0.1, 0.15) is 6.92 Å². The highest BCUT2D eigenvalue weighted by Gasteiger charge is 2.21. The summed E-state index contributed by atoms with van der Waals surface area (Å²) < 4.78 is 4.24. The molecule has 10 heavy (non-hydrogen) atoms. The zero-order valence-electron chi connectivity index (χ0n) is 5.87. The summed E-state index contributed by atoms with van der Waals surface area (Å²) in [5, 5.41) is 17.0. The third-order valence-corrected chi connectivity index (χ3v) is 1.01. The summed E-state index contributed by atoms with van der Waals surface area (Å²) in [6.07, 6.45) is 1.29. The molecule has 0 atom stereocenters. The molecule has 0 aromatic heterocycles. The van der Waals surface area contributed by atoms with Crippen molar-refractivity contribution in [2.24, 2.45) is 0 Å². The highest BCUT2D eigenvalue weighted by molar-refractivity contribution is 6.58. The lowest BCUT2D eigenvalue weighted by Crippen LogP contribution is -2.23. The maximum atomic E-state index is 10.6. The van der Waals surface area contributed by atoms with Crippen molar-refractivity contribution in [2.75, 3.05) is 7.11 Å². The molecule has 0 saturated carbocycles. The maximum Gasteiger partial charge on any atom is 0.495 e. The molecule has 4 nitrogen and oxygen atoms in total. The van der Waals surface area contributed by atoms with E-state index in [1.54, 1.807) is 0 Å². The number of carbonyl (C=O) groups is 1. The second-order valence-electron chi connectivity index (χ2n) is 1.61. The van der Waals surface area contributed by atoms with Crippen LogP contribution in [0.3, 0.4) is 0 Å². The number of hydrogen-bond donors (Lipinski definition) is 2. The molecule has 0 fully saturated rings. The Morgan fingerprint density at radius 1 is 1.60 bits per heavy atom. The van der Waals surface area contributed by atoms with E-state index in [0.29, 0.717) is 0 Å². The molecule has 0 unspecified atom stereocenters. The largest absolute Gasteiger partial charge is 0.495 e. The molecule has 0 amide bonds. The van der Waals surface area contributed by atoms with Crippen LogP contribution >= 0.6 is 0 Å². The van der Waals surface area contributed by atoms with E-state index >= 15 is 0 Å². The second-order valence-corrected chi connectivity index (χ2v) is 1.61. The Balaban J connectivity index is 4.24. The lowest BCUT2D eigenvalue weighted by Gasteiger charge is -2.00. The molecule has 0 radical (unpaired) electrons. The molecule has 0 rings (SSSR count). The van der Waals surface area contributed by atoms with Gasteiger partial charge in [-0.05, 0) is 6.92 Å². The second kappa shape index (κ2) is 4.08. The van der Waals surface area contributed by atoms with Crippen LogP contribution in [0.4, 0.5) is 0 Å². The minimum Gasteiger partial charge on any atom is -0.466 e. The third kappa shape index (κ3) is 2.20. The van der Waals surface area contributed by atoms with Crippen LogP contribution in [-0.2, 0) is 9.53 Å². The molecule has 5 heteroatoms. The van der Waals surface area contributed by atoms with Gasteiger partial charge < -0.3 is 14.8 Å². The van der Waals surface area contributed by atoms with Crippen LogP contribution in [-0.4, -0.2) is 30.2 Å². The van der Waals surface area contributed by atoms with E-state index < -0.39 is 13.1 Å². The summed E-state index contributed by atoms with van der Waals surface area (Å²) >= 11 is 0. The van der Waals surface area contributed by atoms with Crippen molar-refractivity contribution in [3.8, 4) is 0 Å². The number of hydrogen-bond acceptors (Lipinski definition) is 4. The first kappa shape index (κ1) is 9.19. The van der Waals surface area contributed by atoms with Crippen LogP contribution in [0, 0.1) is 0 Å². The Morgan fingerprint density at radius 2 is 2.10 bits per heavy atom. The van der Waals surface area contributed by atoms with Gasteiger partial charge in [0.15, 0.2) is 0 Å². The normalized spacial score (nSPS) is 11.0. The van der Waals surface area contributed by atoms with Crippen LogP contribution in [0.25, 0.3) is 0 Å². The molecular weight excluding hydrogens is 135 g/mol. The summed E-state index contributed by atoms with van der Waals surface area (Å²) in [7, 11) is -0.578. The van der Waals surface area contributed by atoms with Gasteiger partial charge in [0.2, 0.25) is 0 Å². The van der Waals surface area contributed by atoms with Crippen LogP contribution in [0.5, 0.6) is 0 Å². The molecule has 0 bridgehead atoms. The van der Waals surface area contributed by atoms with Crippen molar-refractivity contribution in [1.29, 1.82) is 0 Å². The Hall–Kier alpha value is -0.805. The van der Waals surface area contributed by atoms with Gasteiger partial charge in [-0.15, -0.1) is 0 Å². The zero-order valence-corrected chi connectivity index (χ0v) is 5.87. The fourth-order valence-electron chi connectivity index (χ4n) is 0.490. The Morgan fingerprint density at radius 3 is 2.20 bits per heavy atom. The van der Waals surface area contributed by atoms with Crippen molar-refractivity contribution in [3.05, 3.63) is 11.5 Å². The molecule has 2 N–H and O–H groups in total. The van der Waals surface area contributed by atoms with Crippen LogP contribution in [0.2, 0.25) is 0 Å². The number of ether oxygens (including phenoxy) is 1. The van der Waals surface area contributed by atoms with Crippen LogP contribution in [0.15, 0.2) is 11.5 Å². The smallest absolute Gasteiger partial charge is 0.466 e. The minimum atomic E-state index is -1.75. The topological polar surface area (TPSA) is 66.8 Å². The lowest BCUT2D eigenvalue weighted by molar-refractivity contribution is -0.135. The Bertz CT molecular complexity index is 152. The molecule has 0 aliphatic rings. The predicted molar refractivity (Wildman–Crippen MR) is 36.0 cm³/mol. The van der Waals surface area contributed by atoms with Crippen molar-refractivity contribution < 1.29 is 19.6 Å². The van der Waals surface area contributed by atoms with Crippen LogP contribution < -0.4 is 0 Å². The van der Waals surface area contributed by atoms with E-state index in [0.717, 1.165) is 0 Å². The van der Waals surface area contributed by atoms with Gasteiger partial charge in [-0.25, -0.2) is 4.79 Å². The maximum absolute atomic E-state index is 10.6. The quantitative estimate of drug-likeness (QED) is 0.300. The van der Waals surface area contributed by atoms with Crippen molar-refractivity contribution in [2.45, 2.75) is 6.92 Å². The van der Waals surface area contributed by atoms with Crippen molar-refractivity contribution >= 4 is 13.1 Å². The molecule has 0 aromatic rings. The molecular formula is C5H9BO4. The molecule has 0 aliphatic carbocycles. The summed E-state index contributed by atoms with van der Waals surface area (Å²) in [6, 6.07) is 0. The van der Waals surface area contributed by atoms with E-state index in [4.69, 9.17) is 10.0 Å². The lowest BCUT2D eigenvalue weighted by atomic mass is 9.79. The Kier molecular flexibility index (Phi) is 3.75. The molecule has 0 spiro atoms.